The van der Waals surface area contributed by atoms with Gasteiger partial charge in [0.25, 0.3) is 5.91 Å². The molecule has 1 amide bonds. The van der Waals surface area contributed by atoms with Crippen molar-refractivity contribution in [3.8, 4) is 11.4 Å². The molecule has 1 N–H and O–H groups in total. The monoisotopic (exact) mass is 508 g/mol. The Morgan fingerprint density at radius 3 is 2.57 bits per heavy atom. The fourth-order valence-electron chi connectivity index (χ4n) is 3.61. The fraction of sp³-hybridized carbons (Fsp3) is 0.250. The molecule has 2 atom stereocenters. The smallest absolute Gasteiger partial charge is 0.321 e. The van der Waals surface area contributed by atoms with Gasteiger partial charge in [-0.3, -0.25) is 9.59 Å². The molecule has 0 aliphatic rings. The average Bonchev–Trinajstić information content (AvgIpc) is 3.25. The van der Waals surface area contributed by atoms with Crippen LogP contribution in [-0.4, -0.2) is 38.3 Å². The zero-order chi connectivity index (χ0) is 27.3. The molecule has 3 rings (SSSR count). The van der Waals surface area contributed by atoms with Crippen LogP contribution >= 0.6 is 0 Å². The number of hydrogen-bond acceptors (Lipinski definition) is 4. The van der Waals surface area contributed by atoms with Crippen molar-refractivity contribution in [2.24, 2.45) is 7.05 Å². The number of alkyl halides is 2. The van der Waals surface area contributed by atoms with Crippen LogP contribution in [0.4, 0.5) is 8.78 Å². The molecule has 0 fully saturated rings. The summed E-state index contributed by atoms with van der Waals surface area (Å²) in [5, 5.41) is 7.52. The molecule has 0 radical (unpaired) electrons. The van der Waals surface area contributed by atoms with Gasteiger partial charge in [-0.1, -0.05) is 43.0 Å². The third kappa shape index (κ3) is 6.49. The van der Waals surface area contributed by atoms with Crippen molar-refractivity contribution in [2.75, 3.05) is 0 Å². The zero-order valence-corrected chi connectivity index (χ0v) is 21.2. The molecule has 1 unspecified atom stereocenters. The minimum atomic E-state index is -3.57. The summed E-state index contributed by atoms with van der Waals surface area (Å²) in [6.45, 7) is 11.9. The van der Waals surface area contributed by atoms with E-state index in [0.29, 0.717) is 29.5 Å². The van der Waals surface area contributed by atoms with Crippen molar-refractivity contribution in [2.45, 2.75) is 38.8 Å². The first-order chi connectivity index (χ1) is 17.4. The summed E-state index contributed by atoms with van der Waals surface area (Å²) in [5.74, 6) is -4.59. The molecule has 0 spiro atoms. The number of pyridine rings is 1. The van der Waals surface area contributed by atoms with E-state index in [1.54, 1.807) is 73.5 Å². The lowest BCUT2D eigenvalue weighted by Crippen LogP contribution is -2.51. The summed E-state index contributed by atoms with van der Waals surface area (Å²) in [6.07, 6.45) is 9.46. The highest BCUT2D eigenvalue weighted by molar-refractivity contribution is 5.84. The molecule has 1 aromatic carbocycles. The maximum absolute atomic E-state index is 13.7. The number of rotatable bonds is 10. The zero-order valence-electron chi connectivity index (χ0n) is 21.2. The quantitative estimate of drug-likeness (QED) is 0.313. The number of allylic oxidation sites excluding steroid dienone is 3. The van der Waals surface area contributed by atoms with E-state index >= 15 is 0 Å². The SMILES string of the molecule is C=C(/C=C\C=C/C)C(Oc1ccc2c(cnn2-c2ccc(=O)n(C)c2)c1)[C@@H](NC(=O)C(C)(F)F)C(=C)C. The molecule has 0 saturated carbocycles. The van der Waals surface area contributed by atoms with E-state index in [1.165, 1.54) is 10.6 Å². The molecular formula is C28H30F2N4O3. The van der Waals surface area contributed by atoms with Gasteiger partial charge in [-0.05, 0) is 43.7 Å². The largest absolute Gasteiger partial charge is 0.483 e. The van der Waals surface area contributed by atoms with Gasteiger partial charge in [0.2, 0.25) is 5.56 Å². The minimum Gasteiger partial charge on any atom is -0.483 e. The predicted molar refractivity (Wildman–Crippen MR) is 141 cm³/mol. The van der Waals surface area contributed by atoms with Crippen LogP contribution in [0.15, 0.2) is 96.1 Å². The first-order valence-corrected chi connectivity index (χ1v) is 11.6. The van der Waals surface area contributed by atoms with Gasteiger partial charge in [0, 0.05) is 31.6 Å². The lowest BCUT2D eigenvalue weighted by atomic mass is 9.97. The van der Waals surface area contributed by atoms with Crippen LogP contribution in [0.2, 0.25) is 0 Å². The van der Waals surface area contributed by atoms with Gasteiger partial charge in [0.15, 0.2) is 0 Å². The molecule has 0 aliphatic heterocycles. The molecule has 2 aromatic heterocycles. The van der Waals surface area contributed by atoms with Gasteiger partial charge < -0.3 is 14.6 Å². The Labute approximate surface area is 214 Å². The molecule has 7 nitrogen and oxygen atoms in total. The number of fused-ring (bicyclic) bond motifs is 1. The number of benzene rings is 1. The Morgan fingerprint density at radius 1 is 1.22 bits per heavy atom. The van der Waals surface area contributed by atoms with Crippen LogP contribution in [0.25, 0.3) is 16.6 Å². The van der Waals surface area contributed by atoms with Crippen LogP contribution in [0.5, 0.6) is 5.75 Å². The van der Waals surface area contributed by atoms with E-state index < -0.39 is 24.0 Å². The van der Waals surface area contributed by atoms with Gasteiger partial charge in [-0.2, -0.15) is 13.9 Å². The average molecular weight is 509 g/mol. The first-order valence-electron chi connectivity index (χ1n) is 11.6. The molecule has 194 valence electrons. The summed E-state index contributed by atoms with van der Waals surface area (Å²) in [6, 6.07) is 7.44. The Balaban J connectivity index is 1.98. The van der Waals surface area contributed by atoms with Crippen LogP contribution in [-0.2, 0) is 11.8 Å². The van der Waals surface area contributed by atoms with Gasteiger partial charge in [-0.25, -0.2) is 4.68 Å². The molecule has 37 heavy (non-hydrogen) atoms. The normalized spacial score (nSPS) is 13.7. The highest BCUT2D eigenvalue weighted by Crippen LogP contribution is 2.27. The number of aromatic nitrogens is 3. The van der Waals surface area contributed by atoms with Crippen molar-refractivity contribution >= 4 is 16.8 Å². The molecule has 0 bridgehead atoms. The number of ether oxygens (including phenoxy) is 1. The molecule has 0 aliphatic carbocycles. The first kappa shape index (κ1) is 27.3. The van der Waals surface area contributed by atoms with Gasteiger partial charge in [-0.15, -0.1) is 0 Å². The Hall–Kier alpha value is -4.27. The van der Waals surface area contributed by atoms with Crippen LogP contribution in [0.1, 0.15) is 20.8 Å². The standard InChI is InChI=1S/C28H30F2N4O3/c1-7-8-9-10-19(4)26(25(18(2)3)32-27(36)28(5,29)30)37-22-12-13-23-20(15-22)16-31-34(23)21-11-14-24(35)33(6)17-21/h7-17,25-26H,2,4H2,1,3,5-6H3,(H,32,36)/b8-7-,10-9-/t25-,26?/m0/s1. The number of carbonyl (C=O) groups excluding carboxylic acids is 1. The maximum atomic E-state index is 13.7. The van der Waals surface area contributed by atoms with Crippen LogP contribution < -0.4 is 15.6 Å². The molecular weight excluding hydrogens is 478 g/mol. The number of halogens is 2. The van der Waals surface area contributed by atoms with Crippen LogP contribution in [0, 0.1) is 0 Å². The summed E-state index contributed by atoms with van der Waals surface area (Å²) in [5.41, 5.74) is 2.21. The van der Waals surface area contributed by atoms with Crippen molar-refractivity contribution in [3.63, 3.8) is 0 Å². The third-order valence-electron chi connectivity index (χ3n) is 5.62. The summed E-state index contributed by atoms with van der Waals surface area (Å²) in [7, 11) is 1.66. The number of amides is 1. The molecule has 3 aromatic rings. The van der Waals surface area contributed by atoms with E-state index in [0.717, 1.165) is 10.9 Å². The number of nitrogens with one attached hydrogen (secondary N) is 1. The van der Waals surface area contributed by atoms with E-state index in [4.69, 9.17) is 4.74 Å². The predicted octanol–water partition coefficient (Wildman–Crippen LogP) is 4.88. The highest BCUT2D eigenvalue weighted by Gasteiger charge is 2.37. The van der Waals surface area contributed by atoms with Gasteiger partial charge in [0.1, 0.15) is 11.9 Å². The molecule has 0 saturated heterocycles. The lowest BCUT2D eigenvalue weighted by molar-refractivity contribution is -0.144. The van der Waals surface area contributed by atoms with Crippen molar-refractivity contribution < 1.29 is 18.3 Å². The fourth-order valence-corrected chi connectivity index (χ4v) is 3.61. The number of hydrogen-bond donors (Lipinski definition) is 1. The second kappa shape index (κ2) is 11.2. The summed E-state index contributed by atoms with van der Waals surface area (Å²) >= 11 is 0. The van der Waals surface area contributed by atoms with Gasteiger partial charge in [0.05, 0.1) is 23.4 Å². The van der Waals surface area contributed by atoms with Crippen molar-refractivity contribution in [1.29, 1.82) is 0 Å². The molecule has 2 heterocycles. The highest BCUT2D eigenvalue weighted by atomic mass is 19.3. The number of carbonyl (C=O) groups is 1. The Bertz CT molecular complexity index is 1440. The van der Waals surface area contributed by atoms with E-state index in [9.17, 15) is 18.4 Å². The summed E-state index contributed by atoms with van der Waals surface area (Å²) < 4.78 is 36.7. The third-order valence-corrected chi connectivity index (χ3v) is 5.62. The maximum Gasteiger partial charge on any atom is 0.321 e. The van der Waals surface area contributed by atoms with Crippen LogP contribution in [0.3, 0.4) is 0 Å². The van der Waals surface area contributed by atoms with E-state index in [-0.39, 0.29) is 5.56 Å². The molecule has 9 heteroatoms. The minimum absolute atomic E-state index is 0.134. The summed E-state index contributed by atoms with van der Waals surface area (Å²) in [4.78, 5) is 23.9. The second-order valence-electron chi connectivity index (χ2n) is 8.80. The van der Waals surface area contributed by atoms with E-state index in [2.05, 4.69) is 23.6 Å². The number of nitrogens with zero attached hydrogens (tertiary/aromatic N) is 3. The number of aryl methyl sites for hydroxylation is 1. The van der Waals surface area contributed by atoms with Gasteiger partial charge >= 0.3 is 5.92 Å². The topological polar surface area (TPSA) is 78.2 Å². The van der Waals surface area contributed by atoms with E-state index in [1.807, 2.05) is 13.0 Å². The Kier molecular flexibility index (Phi) is 8.27. The van der Waals surface area contributed by atoms with Crippen molar-refractivity contribution in [1.82, 2.24) is 19.7 Å². The Morgan fingerprint density at radius 2 is 1.95 bits per heavy atom. The van der Waals surface area contributed by atoms with Crippen molar-refractivity contribution in [3.05, 3.63) is 102 Å². The lowest BCUT2D eigenvalue weighted by Gasteiger charge is -2.30. The second-order valence-corrected chi connectivity index (χ2v) is 8.80.